The summed E-state index contributed by atoms with van der Waals surface area (Å²) in [5.41, 5.74) is 4.54. The quantitative estimate of drug-likeness (QED) is 0.720. The van der Waals surface area contributed by atoms with Crippen LogP contribution < -0.4 is 5.43 Å². The maximum Gasteiger partial charge on any atom is 0.334 e. The monoisotopic (exact) mass is 414 g/mol. The van der Waals surface area contributed by atoms with E-state index in [4.69, 9.17) is 0 Å². The van der Waals surface area contributed by atoms with Crippen molar-refractivity contribution in [1.82, 2.24) is 20.2 Å². The predicted octanol–water partition coefficient (Wildman–Crippen LogP) is 3.18. The van der Waals surface area contributed by atoms with Crippen LogP contribution in [-0.4, -0.2) is 71.3 Å². The third-order valence-electron chi connectivity index (χ3n) is 7.98. The molecular weight excluding hydrogens is 376 g/mol. The Morgan fingerprint density at radius 1 is 1.17 bits per heavy atom. The smallest absolute Gasteiger partial charge is 0.334 e. The van der Waals surface area contributed by atoms with Crippen molar-refractivity contribution in [1.29, 1.82) is 0 Å². The van der Waals surface area contributed by atoms with Crippen LogP contribution in [0.3, 0.4) is 0 Å². The lowest BCUT2D eigenvalue weighted by atomic mass is 9.68. The molecule has 30 heavy (non-hydrogen) atoms. The number of carbonyl (C=O) groups is 1. The van der Waals surface area contributed by atoms with E-state index in [9.17, 15) is 9.90 Å². The maximum atomic E-state index is 13.4. The Balaban J connectivity index is 1.57. The number of hydrogen-bond acceptors (Lipinski definition) is 4. The van der Waals surface area contributed by atoms with Gasteiger partial charge in [-0.3, -0.25) is 9.91 Å². The van der Waals surface area contributed by atoms with Crippen LogP contribution in [0.15, 0.2) is 30.3 Å². The first-order valence-corrected chi connectivity index (χ1v) is 11.6. The minimum absolute atomic E-state index is 0.0247. The first-order valence-electron chi connectivity index (χ1n) is 11.6. The number of urea groups is 1. The number of benzene rings is 1. The van der Waals surface area contributed by atoms with Crippen LogP contribution >= 0.6 is 0 Å². The van der Waals surface area contributed by atoms with E-state index >= 15 is 0 Å². The number of nitrogens with zero attached hydrogens (tertiary/aromatic N) is 3. The molecule has 4 rings (SSSR count). The molecule has 1 aromatic carbocycles. The van der Waals surface area contributed by atoms with Crippen LogP contribution in [0.5, 0.6) is 0 Å². The van der Waals surface area contributed by atoms with E-state index in [0.29, 0.717) is 12.5 Å². The number of rotatable bonds is 7. The maximum absolute atomic E-state index is 13.4. The van der Waals surface area contributed by atoms with E-state index < -0.39 is 0 Å². The molecule has 6 heteroatoms. The van der Waals surface area contributed by atoms with E-state index in [1.807, 2.05) is 6.92 Å². The Labute approximate surface area is 181 Å². The van der Waals surface area contributed by atoms with Crippen molar-refractivity contribution in [3.05, 3.63) is 35.9 Å². The number of hydrogen-bond donors (Lipinski definition) is 2. The van der Waals surface area contributed by atoms with Gasteiger partial charge in [0.05, 0.1) is 18.7 Å². The summed E-state index contributed by atoms with van der Waals surface area (Å²) in [6.07, 6.45) is 7.87. The van der Waals surface area contributed by atoms with Crippen molar-refractivity contribution in [3.63, 3.8) is 0 Å². The summed E-state index contributed by atoms with van der Waals surface area (Å²) in [5, 5.41) is 11.3. The van der Waals surface area contributed by atoms with Gasteiger partial charge in [0.1, 0.15) is 0 Å². The minimum atomic E-state index is -0.122. The van der Waals surface area contributed by atoms with Crippen LogP contribution in [0.1, 0.15) is 57.4 Å². The van der Waals surface area contributed by atoms with Crippen molar-refractivity contribution in [3.8, 4) is 0 Å². The third kappa shape index (κ3) is 3.74. The summed E-state index contributed by atoms with van der Waals surface area (Å²) in [6.45, 7) is 3.53. The van der Waals surface area contributed by atoms with Crippen molar-refractivity contribution in [2.75, 3.05) is 33.8 Å². The zero-order valence-electron chi connectivity index (χ0n) is 18.8. The second-order valence-corrected chi connectivity index (χ2v) is 10.0. The van der Waals surface area contributed by atoms with Crippen molar-refractivity contribution in [2.45, 2.75) is 69.0 Å². The number of carbonyl (C=O) groups excluding carboxylic acids is 1. The fraction of sp³-hybridized carbons (Fsp3) is 0.708. The van der Waals surface area contributed by atoms with Gasteiger partial charge in [0.15, 0.2) is 0 Å². The van der Waals surface area contributed by atoms with E-state index in [2.05, 4.69) is 59.7 Å². The lowest BCUT2D eigenvalue weighted by Crippen LogP contribution is -2.56. The van der Waals surface area contributed by atoms with Crippen LogP contribution in [0.2, 0.25) is 0 Å². The van der Waals surface area contributed by atoms with Gasteiger partial charge in [-0.2, -0.15) is 0 Å². The van der Waals surface area contributed by atoms with Gasteiger partial charge in [0.2, 0.25) is 0 Å². The van der Waals surface area contributed by atoms with Crippen molar-refractivity contribution < 1.29 is 9.90 Å². The van der Waals surface area contributed by atoms with Crippen LogP contribution in [0.4, 0.5) is 4.79 Å². The predicted molar refractivity (Wildman–Crippen MR) is 119 cm³/mol. The second-order valence-electron chi connectivity index (χ2n) is 10.0. The molecule has 3 aliphatic rings. The molecule has 0 aromatic heterocycles. The standard InChI is InChI=1S/C24H38N4O2/c1-19(17-29)25-28-18-23(27(22(28)30)16-20-8-7-9-20)12-14-24(15-13-23,26(2)3)21-10-5-4-6-11-21/h4-6,10-11,19-20,25,29H,7-9,12-18H2,1-3H3/t19-,23?,24?/m0/s1. The SMILES string of the molecule is C[C@@H](CO)NN1CC2(CCC(c3ccccc3)(N(C)C)CC2)N(CC2CCC2)C1=O. The average molecular weight is 415 g/mol. The molecule has 0 radical (unpaired) electrons. The molecule has 3 fully saturated rings. The fourth-order valence-corrected chi connectivity index (χ4v) is 5.71. The Morgan fingerprint density at radius 3 is 2.37 bits per heavy atom. The Hall–Kier alpha value is -1.63. The molecule has 2 saturated carbocycles. The Bertz CT molecular complexity index is 726. The number of aliphatic hydroxyl groups excluding tert-OH is 1. The van der Waals surface area contributed by atoms with Gasteiger partial charge in [0, 0.05) is 18.1 Å². The molecule has 1 saturated heterocycles. The van der Waals surface area contributed by atoms with Gasteiger partial charge in [-0.1, -0.05) is 36.8 Å². The number of aliphatic hydroxyl groups is 1. The summed E-state index contributed by atoms with van der Waals surface area (Å²) in [5.74, 6) is 0.649. The molecule has 1 aliphatic heterocycles. The normalized spacial score (nSPS) is 30.9. The first kappa shape index (κ1) is 21.6. The molecule has 2 aliphatic carbocycles. The molecular formula is C24H38N4O2. The number of nitrogens with one attached hydrogen (secondary N) is 1. The topological polar surface area (TPSA) is 59.1 Å². The van der Waals surface area contributed by atoms with E-state index in [1.54, 1.807) is 5.01 Å². The molecule has 1 spiro atoms. The highest BCUT2D eigenvalue weighted by Gasteiger charge is 2.55. The van der Waals surface area contributed by atoms with Gasteiger partial charge >= 0.3 is 6.03 Å². The summed E-state index contributed by atoms with van der Waals surface area (Å²) in [6, 6.07) is 10.8. The Morgan fingerprint density at radius 2 is 1.83 bits per heavy atom. The van der Waals surface area contributed by atoms with E-state index in [0.717, 1.165) is 32.2 Å². The van der Waals surface area contributed by atoms with Crippen molar-refractivity contribution in [2.24, 2.45) is 5.92 Å². The van der Waals surface area contributed by atoms with Crippen LogP contribution in [0, 0.1) is 5.92 Å². The third-order valence-corrected chi connectivity index (χ3v) is 7.98. The molecule has 2 amide bonds. The molecule has 166 valence electrons. The number of amides is 2. The largest absolute Gasteiger partial charge is 0.395 e. The average Bonchev–Trinajstić information content (AvgIpc) is 2.96. The summed E-state index contributed by atoms with van der Waals surface area (Å²) >= 11 is 0. The molecule has 1 heterocycles. The zero-order valence-corrected chi connectivity index (χ0v) is 18.8. The first-order chi connectivity index (χ1) is 14.4. The molecule has 6 nitrogen and oxygen atoms in total. The van der Waals surface area contributed by atoms with Gasteiger partial charge in [-0.05, 0) is 71.0 Å². The fourth-order valence-electron chi connectivity index (χ4n) is 5.71. The number of hydrazine groups is 1. The Kier molecular flexibility index (Phi) is 6.11. The lowest BCUT2D eigenvalue weighted by Gasteiger charge is -2.51. The summed E-state index contributed by atoms with van der Waals surface area (Å²) in [4.78, 5) is 17.9. The van der Waals surface area contributed by atoms with Crippen LogP contribution in [-0.2, 0) is 5.54 Å². The molecule has 2 N–H and O–H groups in total. The highest BCUT2D eigenvalue weighted by atomic mass is 16.3. The van der Waals surface area contributed by atoms with E-state index in [-0.39, 0.29) is 29.8 Å². The zero-order chi connectivity index (χ0) is 21.4. The lowest BCUT2D eigenvalue weighted by molar-refractivity contribution is 0.0150. The van der Waals surface area contributed by atoms with Gasteiger partial charge < -0.3 is 10.0 Å². The molecule has 0 unspecified atom stereocenters. The summed E-state index contributed by atoms with van der Waals surface area (Å²) in [7, 11) is 4.38. The molecule has 0 bridgehead atoms. The van der Waals surface area contributed by atoms with Gasteiger partial charge in [-0.25, -0.2) is 10.2 Å². The second kappa shape index (κ2) is 8.48. The van der Waals surface area contributed by atoms with Crippen molar-refractivity contribution >= 4 is 6.03 Å². The molecule has 1 aromatic rings. The molecule has 1 atom stereocenters. The van der Waals surface area contributed by atoms with Gasteiger partial charge in [0.25, 0.3) is 0 Å². The van der Waals surface area contributed by atoms with E-state index in [1.165, 1.54) is 24.8 Å². The highest BCUT2D eigenvalue weighted by molar-refractivity contribution is 5.78. The highest BCUT2D eigenvalue weighted by Crippen LogP contribution is 2.49. The minimum Gasteiger partial charge on any atom is -0.395 e. The van der Waals surface area contributed by atoms with Gasteiger partial charge in [-0.15, -0.1) is 0 Å². The van der Waals surface area contributed by atoms with Crippen LogP contribution in [0.25, 0.3) is 0 Å². The summed E-state index contributed by atoms with van der Waals surface area (Å²) < 4.78 is 0.